The Kier molecular flexibility index (Phi) is 4.71. The molecule has 0 aliphatic carbocycles. The van der Waals surface area contributed by atoms with Crippen molar-refractivity contribution in [1.82, 2.24) is 5.01 Å². The lowest BCUT2D eigenvalue weighted by Gasteiger charge is -2.46. The summed E-state index contributed by atoms with van der Waals surface area (Å²) in [6.07, 6.45) is 0.730. The lowest BCUT2D eigenvalue weighted by molar-refractivity contribution is -0.384. The van der Waals surface area contributed by atoms with Gasteiger partial charge in [0.2, 0.25) is 5.72 Å². The Bertz CT molecular complexity index is 1480. The number of hydrogen-bond donors (Lipinski definition) is 0. The van der Waals surface area contributed by atoms with Gasteiger partial charge in [-0.2, -0.15) is 5.10 Å². The second-order valence-corrected chi connectivity index (χ2v) is 9.66. The molecule has 2 atom stereocenters. The van der Waals surface area contributed by atoms with Gasteiger partial charge in [0.05, 0.1) is 16.7 Å². The third-order valence-corrected chi connectivity index (χ3v) is 7.18. The van der Waals surface area contributed by atoms with Crippen LogP contribution in [0.25, 0.3) is 10.8 Å². The number of ether oxygens (including phenoxy) is 1. The number of rotatable bonds is 3. The Balaban J connectivity index is 1.48. The number of benzene rings is 4. The minimum absolute atomic E-state index is 0.0251. The van der Waals surface area contributed by atoms with Gasteiger partial charge in [0.15, 0.2) is 0 Å². The van der Waals surface area contributed by atoms with Crippen LogP contribution in [0.15, 0.2) is 94.5 Å². The summed E-state index contributed by atoms with van der Waals surface area (Å²) in [5.41, 5.74) is 3.06. The summed E-state index contributed by atoms with van der Waals surface area (Å²) in [6, 6.07) is 27.2. The highest BCUT2D eigenvalue weighted by atomic mass is 79.9. The molecular weight excluding hydrogens is 494 g/mol. The van der Waals surface area contributed by atoms with Crippen molar-refractivity contribution in [1.29, 1.82) is 0 Å². The van der Waals surface area contributed by atoms with Crippen molar-refractivity contribution in [2.45, 2.75) is 25.1 Å². The lowest BCUT2D eigenvalue weighted by atomic mass is 9.92. The molecule has 0 unspecified atom stereocenters. The first-order valence-electron chi connectivity index (χ1n) is 11.0. The Hall–Kier alpha value is -3.71. The molecule has 0 fully saturated rings. The summed E-state index contributed by atoms with van der Waals surface area (Å²) >= 11 is 3.59. The van der Waals surface area contributed by atoms with E-state index in [-0.39, 0.29) is 11.7 Å². The van der Waals surface area contributed by atoms with E-state index in [9.17, 15) is 10.1 Å². The Labute approximate surface area is 204 Å². The first kappa shape index (κ1) is 20.9. The highest BCUT2D eigenvalue weighted by Crippen LogP contribution is 2.51. The molecule has 0 amide bonds. The summed E-state index contributed by atoms with van der Waals surface area (Å²) in [6.45, 7) is 1.97. The summed E-state index contributed by atoms with van der Waals surface area (Å²) in [5.74, 6) is 0.792. The highest BCUT2D eigenvalue weighted by molar-refractivity contribution is 9.10. The normalized spacial score (nSPS) is 20.9. The van der Waals surface area contributed by atoms with Crippen molar-refractivity contribution in [3.05, 3.63) is 116 Å². The van der Waals surface area contributed by atoms with Gasteiger partial charge in [-0.25, -0.2) is 5.01 Å². The lowest BCUT2D eigenvalue weighted by Crippen LogP contribution is -2.48. The number of nitro benzene ring substituents is 1. The number of hydrogen-bond acceptors (Lipinski definition) is 5. The maximum Gasteiger partial charge on any atom is 0.269 e. The molecule has 168 valence electrons. The predicted octanol–water partition coefficient (Wildman–Crippen LogP) is 6.93. The molecule has 6 rings (SSSR count). The van der Waals surface area contributed by atoms with Crippen LogP contribution in [0.5, 0.6) is 5.75 Å². The van der Waals surface area contributed by atoms with Crippen LogP contribution in [0.1, 0.15) is 36.1 Å². The highest BCUT2D eigenvalue weighted by Gasteiger charge is 2.49. The number of nitrogens with zero attached hydrogens (tertiary/aromatic N) is 3. The molecule has 2 heterocycles. The van der Waals surface area contributed by atoms with E-state index in [0.717, 1.165) is 39.0 Å². The number of non-ortho nitro benzene ring substituents is 1. The maximum atomic E-state index is 11.2. The van der Waals surface area contributed by atoms with Gasteiger partial charge >= 0.3 is 0 Å². The molecule has 0 spiro atoms. The molecule has 7 heteroatoms. The molecule has 2 aliphatic heterocycles. The second kappa shape index (κ2) is 7.67. The van der Waals surface area contributed by atoms with E-state index in [0.29, 0.717) is 0 Å². The molecule has 0 bridgehead atoms. The average molecular weight is 514 g/mol. The van der Waals surface area contributed by atoms with Crippen molar-refractivity contribution in [2.24, 2.45) is 5.10 Å². The summed E-state index contributed by atoms with van der Waals surface area (Å²) in [7, 11) is 0. The van der Waals surface area contributed by atoms with Gasteiger partial charge in [-0.05, 0) is 52.7 Å². The molecule has 0 saturated heterocycles. The van der Waals surface area contributed by atoms with Crippen LogP contribution in [0.2, 0.25) is 0 Å². The van der Waals surface area contributed by atoms with Crippen molar-refractivity contribution >= 4 is 38.1 Å². The van der Waals surface area contributed by atoms with Crippen LogP contribution >= 0.6 is 15.9 Å². The topological polar surface area (TPSA) is 68.0 Å². The van der Waals surface area contributed by atoms with Crippen LogP contribution in [0.3, 0.4) is 0 Å². The van der Waals surface area contributed by atoms with Gasteiger partial charge in [-0.15, -0.1) is 0 Å². The van der Waals surface area contributed by atoms with E-state index in [1.807, 2.05) is 36.2 Å². The molecule has 4 aromatic rings. The smallest absolute Gasteiger partial charge is 0.269 e. The first-order chi connectivity index (χ1) is 16.4. The second-order valence-electron chi connectivity index (χ2n) is 8.74. The number of halogens is 1. The molecule has 0 aromatic heterocycles. The molecule has 4 aromatic carbocycles. The fourth-order valence-electron chi connectivity index (χ4n) is 4.91. The van der Waals surface area contributed by atoms with E-state index in [1.54, 1.807) is 12.1 Å². The predicted molar refractivity (Wildman–Crippen MR) is 135 cm³/mol. The van der Waals surface area contributed by atoms with Gasteiger partial charge in [-0.3, -0.25) is 10.1 Å². The van der Waals surface area contributed by atoms with Crippen LogP contribution in [0.4, 0.5) is 5.69 Å². The molecule has 0 radical (unpaired) electrons. The SMILES string of the molecule is C[C@]1(c2ccc([N+](=O)[O-])cc2)Oc2ccc(Br)cc2[C@@H]2CC(c3ccc4ccccc4c3)=NN21. The zero-order valence-corrected chi connectivity index (χ0v) is 19.9. The van der Waals surface area contributed by atoms with Crippen molar-refractivity contribution < 1.29 is 9.66 Å². The quantitative estimate of drug-likeness (QED) is 0.220. The van der Waals surface area contributed by atoms with Gasteiger partial charge in [-0.1, -0.05) is 52.3 Å². The Morgan fingerprint density at radius 2 is 1.79 bits per heavy atom. The molecule has 0 N–H and O–H groups in total. The third-order valence-electron chi connectivity index (χ3n) is 6.68. The van der Waals surface area contributed by atoms with E-state index < -0.39 is 10.6 Å². The van der Waals surface area contributed by atoms with E-state index in [4.69, 9.17) is 9.84 Å². The maximum absolute atomic E-state index is 11.2. The van der Waals surface area contributed by atoms with Crippen LogP contribution in [-0.2, 0) is 5.72 Å². The summed E-state index contributed by atoms with van der Waals surface area (Å²) in [4.78, 5) is 10.8. The molecule has 34 heavy (non-hydrogen) atoms. The molecule has 6 nitrogen and oxygen atoms in total. The summed E-state index contributed by atoms with van der Waals surface area (Å²) < 4.78 is 7.54. The monoisotopic (exact) mass is 513 g/mol. The number of fused-ring (bicyclic) bond motifs is 4. The minimum Gasteiger partial charge on any atom is -0.462 e. The summed E-state index contributed by atoms with van der Waals surface area (Å²) in [5, 5.41) is 20.6. The fourth-order valence-corrected chi connectivity index (χ4v) is 5.28. The average Bonchev–Trinajstić information content (AvgIpc) is 3.31. The standard InChI is InChI=1S/C27H20BrN3O3/c1-27(20-8-11-22(12-9-20)31(32)33)30-25(23-15-21(28)10-13-26(23)34-27)16-24(29-30)19-7-6-17-4-2-3-5-18(17)14-19/h2-15,25H,16H2,1H3/t25-,27+/m0/s1. The molecular formula is C27H20BrN3O3. The van der Waals surface area contributed by atoms with E-state index in [1.165, 1.54) is 22.9 Å². The largest absolute Gasteiger partial charge is 0.462 e. The van der Waals surface area contributed by atoms with Gasteiger partial charge in [0.25, 0.3) is 5.69 Å². The van der Waals surface area contributed by atoms with Gasteiger partial charge in [0, 0.05) is 41.1 Å². The van der Waals surface area contributed by atoms with Gasteiger partial charge < -0.3 is 4.74 Å². The van der Waals surface area contributed by atoms with Crippen LogP contribution in [0, 0.1) is 10.1 Å². The zero-order valence-electron chi connectivity index (χ0n) is 18.3. The first-order valence-corrected chi connectivity index (χ1v) is 11.8. The van der Waals surface area contributed by atoms with Crippen molar-refractivity contribution in [2.75, 3.05) is 0 Å². The van der Waals surface area contributed by atoms with E-state index in [2.05, 4.69) is 52.3 Å². The van der Waals surface area contributed by atoms with Crippen LogP contribution < -0.4 is 4.74 Å². The zero-order chi connectivity index (χ0) is 23.4. The molecule has 2 aliphatic rings. The fraction of sp³-hybridized carbons (Fsp3) is 0.148. The minimum atomic E-state index is -0.917. The number of hydrazone groups is 1. The Morgan fingerprint density at radius 3 is 2.56 bits per heavy atom. The van der Waals surface area contributed by atoms with Crippen molar-refractivity contribution in [3.63, 3.8) is 0 Å². The molecule has 0 saturated carbocycles. The van der Waals surface area contributed by atoms with Crippen LogP contribution in [-0.4, -0.2) is 15.6 Å². The van der Waals surface area contributed by atoms with Crippen molar-refractivity contribution in [3.8, 4) is 5.75 Å². The van der Waals surface area contributed by atoms with Gasteiger partial charge in [0.1, 0.15) is 5.75 Å². The van der Waals surface area contributed by atoms with E-state index >= 15 is 0 Å². The number of nitro groups is 1. The Morgan fingerprint density at radius 1 is 1.03 bits per heavy atom. The third kappa shape index (κ3) is 3.27.